The Bertz CT molecular complexity index is 665. The van der Waals surface area contributed by atoms with Crippen LogP contribution in [0.5, 0.6) is 0 Å². The van der Waals surface area contributed by atoms with E-state index in [1.807, 2.05) is 4.90 Å². The van der Waals surface area contributed by atoms with Crippen LogP contribution >= 0.6 is 0 Å². The van der Waals surface area contributed by atoms with Crippen LogP contribution in [0.1, 0.15) is 24.8 Å². The van der Waals surface area contributed by atoms with E-state index < -0.39 is 0 Å². The van der Waals surface area contributed by atoms with E-state index in [9.17, 15) is 4.79 Å². The van der Waals surface area contributed by atoms with Gasteiger partial charge in [0, 0.05) is 25.7 Å². The molecule has 3 rings (SSSR count). The normalized spacial score (nSPS) is 18.1. The Balaban J connectivity index is 1.59. The summed E-state index contributed by atoms with van der Waals surface area (Å²) in [6.45, 7) is 2.03. The number of likely N-dealkylation sites (tertiary alicyclic amines) is 1. The van der Waals surface area contributed by atoms with Crippen molar-refractivity contribution in [3.05, 3.63) is 48.0 Å². The van der Waals surface area contributed by atoms with Crippen molar-refractivity contribution in [3.8, 4) is 0 Å². The average molecular weight is 311 g/mol. The topological polar surface area (TPSA) is 58.4 Å². The highest BCUT2D eigenvalue weighted by Gasteiger charge is 2.25. The van der Waals surface area contributed by atoms with Crippen LogP contribution < -0.4 is 11.1 Å². The molecule has 0 saturated carbocycles. The second-order valence-electron chi connectivity index (χ2n) is 6.20. The average Bonchev–Trinajstić information content (AvgIpc) is 2.61. The second kappa shape index (κ2) is 7.47. The molecule has 2 aromatic carbocycles. The maximum absolute atomic E-state index is 12.4. The Labute approximate surface area is 137 Å². The summed E-state index contributed by atoms with van der Waals surface area (Å²) in [4.78, 5) is 14.3. The molecule has 1 heterocycles. The molecule has 0 aromatic heterocycles. The van der Waals surface area contributed by atoms with Gasteiger partial charge in [-0.3, -0.25) is 0 Å². The Morgan fingerprint density at radius 1 is 1.17 bits per heavy atom. The molecule has 1 aliphatic heterocycles. The molecule has 1 fully saturated rings. The van der Waals surface area contributed by atoms with Crippen LogP contribution in [0.2, 0.25) is 0 Å². The number of benzene rings is 2. The third kappa shape index (κ3) is 3.64. The molecular weight excluding hydrogens is 286 g/mol. The predicted octanol–water partition coefficient (Wildman–Crippen LogP) is 2.91. The number of piperidine rings is 1. The number of fused-ring (bicyclic) bond motifs is 1. The van der Waals surface area contributed by atoms with E-state index in [2.05, 4.69) is 47.8 Å². The zero-order valence-corrected chi connectivity index (χ0v) is 13.5. The largest absolute Gasteiger partial charge is 0.338 e. The summed E-state index contributed by atoms with van der Waals surface area (Å²) in [5.41, 5.74) is 7.07. The number of carbonyl (C=O) groups is 1. The fourth-order valence-corrected chi connectivity index (χ4v) is 3.43. The lowest BCUT2D eigenvalue weighted by Gasteiger charge is -2.35. The van der Waals surface area contributed by atoms with Crippen molar-refractivity contribution in [2.75, 3.05) is 19.6 Å². The van der Waals surface area contributed by atoms with Gasteiger partial charge in [-0.15, -0.1) is 0 Å². The molecule has 23 heavy (non-hydrogen) atoms. The lowest BCUT2D eigenvalue weighted by atomic mass is 10.0. The van der Waals surface area contributed by atoms with Gasteiger partial charge < -0.3 is 16.0 Å². The number of hydrogen-bond donors (Lipinski definition) is 2. The first kappa shape index (κ1) is 15.8. The third-order valence-corrected chi connectivity index (χ3v) is 4.71. The maximum Gasteiger partial charge on any atom is 0.317 e. The first-order valence-corrected chi connectivity index (χ1v) is 8.51. The smallest absolute Gasteiger partial charge is 0.317 e. The Kier molecular flexibility index (Phi) is 5.13. The Morgan fingerprint density at radius 3 is 2.87 bits per heavy atom. The molecule has 1 atom stereocenters. The van der Waals surface area contributed by atoms with Crippen molar-refractivity contribution in [3.63, 3.8) is 0 Å². The molecule has 3 N–H and O–H groups in total. The highest BCUT2D eigenvalue weighted by atomic mass is 16.2. The van der Waals surface area contributed by atoms with Crippen molar-refractivity contribution in [2.45, 2.75) is 31.7 Å². The molecule has 122 valence electrons. The standard InChI is InChI=1S/C19H25N3O/c20-14-17-9-3-4-13-22(17)19(23)21-12-11-16-8-5-7-15-6-1-2-10-18(15)16/h1-2,5-8,10,17H,3-4,9,11-14,20H2,(H,21,23)/t17-/m1/s1. The highest BCUT2D eigenvalue weighted by Crippen LogP contribution is 2.19. The quantitative estimate of drug-likeness (QED) is 0.912. The monoisotopic (exact) mass is 311 g/mol. The van der Waals surface area contributed by atoms with Crippen molar-refractivity contribution in [1.82, 2.24) is 10.2 Å². The number of nitrogens with one attached hydrogen (secondary N) is 1. The van der Waals surface area contributed by atoms with Crippen LogP contribution in [-0.2, 0) is 6.42 Å². The van der Waals surface area contributed by atoms with Crippen molar-refractivity contribution in [1.29, 1.82) is 0 Å². The molecule has 0 spiro atoms. The van der Waals surface area contributed by atoms with E-state index in [1.165, 1.54) is 22.8 Å². The summed E-state index contributed by atoms with van der Waals surface area (Å²) in [6.07, 6.45) is 4.11. The molecule has 1 saturated heterocycles. The van der Waals surface area contributed by atoms with Crippen LogP contribution in [0.3, 0.4) is 0 Å². The first-order chi connectivity index (χ1) is 11.3. The lowest BCUT2D eigenvalue weighted by molar-refractivity contribution is 0.154. The summed E-state index contributed by atoms with van der Waals surface area (Å²) < 4.78 is 0. The van der Waals surface area contributed by atoms with E-state index in [4.69, 9.17) is 5.73 Å². The van der Waals surface area contributed by atoms with Gasteiger partial charge in [0.15, 0.2) is 0 Å². The van der Waals surface area contributed by atoms with E-state index >= 15 is 0 Å². The predicted molar refractivity (Wildman–Crippen MR) is 94.5 cm³/mol. The molecule has 0 radical (unpaired) electrons. The van der Waals surface area contributed by atoms with Gasteiger partial charge in [0.2, 0.25) is 0 Å². The number of amides is 2. The zero-order chi connectivity index (χ0) is 16.1. The van der Waals surface area contributed by atoms with Crippen molar-refractivity contribution < 1.29 is 4.79 Å². The molecule has 4 nitrogen and oxygen atoms in total. The summed E-state index contributed by atoms with van der Waals surface area (Å²) >= 11 is 0. The molecule has 0 unspecified atom stereocenters. The van der Waals surface area contributed by atoms with Crippen LogP contribution in [-0.4, -0.2) is 36.6 Å². The van der Waals surface area contributed by atoms with Gasteiger partial charge in [0.05, 0.1) is 0 Å². The molecule has 4 heteroatoms. The number of hydrogen-bond acceptors (Lipinski definition) is 2. The number of rotatable bonds is 4. The zero-order valence-electron chi connectivity index (χ0n) is 13.5. The number of carbonyl (C=O) groups excluding carboxylic acids is 1. The van der Waals surface area contributed by atoms with Crippen LogP contribution in [0.25, 0.3) is 10.8 Å². The Morgan fingerprint density at radius 2 is 2.00 bits per heavy atom. The molecule has 1 aliphatic rings. The van der Waals surface area contributed by atoms with E-state index in [1.54, 1.807) is 0 Å². The second-order valence-corrected chi connectivity index (χ2v) is 6.20. The molecule has 2 aromatic rings. The summed E-state index contributed by atoms with van der Waals surface area (Å²) in [5.74, 6) is 0. The molecule has 0 aliphatic carbocycles. The van der Waals surface area contributed by atoms with E-state index in [0.29, 0.717) is 13.1 Å². The van der Waals surface area contributed by atoms with Gasteiger partial charge in [0.25, 0.3) is 0 Å². The van der Waals surface area contributed by atoms with E-state index in [-0.39, 0.29) is 12.1 Å². The SMILES string of the molecule is NC[C@H]1CCCCN1C(=O)NCCc1cccc2ccccc12. The van der Waals surface area contributed by atoms with Gasteiger partial charge in [-0.25, -0.2) is 4.79 Å². The minimum absolute atomic E-state index is 0.0281. The van der Waals surface area contributed by atoms with Crippen molar-refractivity contribution >= 4 is 16.8 Å². The van der Waals surface area contributed by atoms with Gasteiger partial charge in [0.1, 0.15) is 0 Å². The molecule has 2 amide bonds. The number of nitrogens with two attached hydrogens (primary N) is 1. The van der Waals surface area contributed by atoms with Gasteiger partial charge in [-0.2, -0.15) is 0 Å². The maximum atomic E-state index is 12.4. The van der Waals surface area contributed by atoms with Gasteiger partial charge in [-0.1, -0.05) is 42.5 Å². The fourth-order valence-electron chi connectivity index (χ4n) is 3.43. The Hall–Kier alpha value is -2.07. The lowest BCUT2D eigenvalue weighted by Crippen LogP contribution is -2.51. The van der Waals surface area contributed by atoms with E-state index in [0.717, 1.165) is 25.8 Å². The van der Waals surface area contributed by atoms with Crippen LogP contribution in [0.15, 0.2) is 42.5 Å². The van der Waals surface area contributed by atoms with Gasteiger partial charge in [-0.05, 0) is 42.0 Å². The summed E-state index contributed by atoms with van der Waals surface area (Å²) in [6, 6.07) is 14.9. The first-order valence-electron chi connectivity index (χ1n) is 8.51. The minimum atomic E-state index is 0.0281. The van der Waals surface area contributed by atoms with Crippen LogP contribution in [0, 0.1) is 0 Å². The summed E-state index contributed by atoms with van der Waals surface area (Å²) in [7, 11) is 0. The number of urea groups is 1. The number of nitrogens with zero attached hydrogens (tertiary/aromatic N) is 1. The fraction of sp³-hybridized carbons (Fsp3) is 0.421. The highest BCUT2D eigenvalue weighted by molar-refractivity contribution is 5.85. The van der Waals surface area contributed by atoms with Crippen molar-refractivity contribution in [2.24, 2.45) is 5.73 Å². The van der Waals surface area contributed by atoms with Crippen LogP contribution in [0.4, 0.5) is 4.79 Å². The molecule has 0 bridgehead atoms. The minimum Gasteiger partial charge on any atom is -0.338 e. The molecular formula is C19H25N3O. The third-order valence-electron chi connectivity index (χ3n) is 4.71. The summed E-state index contributed by atoms with van der Waals surface area (Å²) in [5, 5.41) is 5.57. The van der Waals surface area contributed by atoms with Gasteiger partial charge >= 0.3 is 6.03 Å².